The van der Waals surface area contributed by atoms with Gasteiger partial charge >= 0.3 is 5.97 Å². The molecule has 2 heterocycles. The number of nitrogens with zero attached hydrogens (tertiary/aromatic N) is 3. The summed E-state index contributed by atoms with van der Waals surface area (Å²) in [5.74, 6) is 0.965. The van der Waals surface area contributed by atoms with Crippen LogP contribution < -0.4 is 9.64 Å². The van der Waals surface area contributed by atoms with Crippen LogP contribution in [0.5, 0.6) is 5.88 Å². The Morgan fingerprint density at radius 2 is 2.45 bits per heavy atom. The highest BCUT2D eigenvalue weighted by Gasteiger charge is 2.24. The summed E-state index contributed by atoms with van der Waals surface area (Å²) in [5, 5.41) is 8.72. The maximum absolute atomic E-state index is 10.6. The van der Waals surface area contributed by atoms with Crippen LogP contribution in [0.2, 0.25) is 0 Å². The molecule has 20 heavy (non-hydrogen) atoms. The summed E-state index contributed by atoms with van der Waals surface area (Å²) in [6.45, 7) is 4.40. The van der Waals surface area contributed by atoms with Gasteiger partial charge in [-0.15, -0.1) is 0 Å². The van der Waals surface area contributed by atoms with Crippen molar-refractivity contribution in [2.24, 2.45) is 5.92 Å². The first-order valence-corrected chi connectivity index (χ1v) is 7.11. The van der Waals surface area contributed by atoms with Crippen LogP contribution in [0.1, 0.15) is 32.6 Å². The minimum Gasteiger partial charge on any atom is -0.481 e. The molecule has 1 unspecified atom stereocenters. The van der Waals surface area contributed by atoms with E-state index in [-0.39, 0.29) is 6.42 Å². The van der Waals surface area contributed by atoms with Crippen molar-refractivity contribution in [3.8, 4) is 5.88 Å². The summed E-state index contributed by atoms with van der Waals surface area (Å²) in [5.41, 5.74) is 0. The summed E-state index contributed by atoms with van der Waals surface area (Å²) in [4.78, 5) is 21.4. The largest absolute Gasteiger partial charge is 0.481 e. The zero-order valence-corrected chi connectivity index (χ0v) is 11.8. The Kier molecular flexibility index (Phi) is 5.15. The van der Waals surface area contributed by atoms with Crippen molar-refractivity contribution in [3.63, 3.8) is 0 Å². The average Bonchev–Trinajstić information content (AvgIpc) is 2.92. The van der Waals surface area contributed by atoms with Crippen LogP contribution in [-0.2, 0) is 4.79 Å². The third-order valence-corrected chi connectivity index (χ3v) is 3.41. The van der Waals surface area contributed by atoms with Crippen LogP contribution in [0.4, 0.5) is 5.95 Å². The van der Waals surface area contributed by atoms with Gasteiger partial charge in [0, 0.05) is 31.8 Å². The monoisotopic (exact) mass is 279 g/mol. The Bertz CT molecular complexity index is 453. The van der Waals surface area contributed by atoms with Gasteiger partial charge in [-0.25, -0.2) is 4.98 Å². The predicted molar refractivity (Wildman–Crippen MR) is 75.0 cm³/mol. The highest BCUT2D eigenvalue weighted by atomic mass is 16.5. The van der Waals surface area contributed by atoms with Gasteiger partial charge in [-0.3, -0.25) is 4.79 Å². The summed E-state index contributed by atoms with van der Waals surface area (Å²) < 4.78 is 5.51. The molecule has 0 bridgehead atoms. The normalized spacial score (nSPS) is 18.2. The molecule has 1 saturated heterocycles. The van der Waals surface area contributed by atoms with Crippen molar-refractivity contribution in [2.75, 3.05) is 24.6 Å². The highest BCUT2D eigenvalue weighted by Crippen LogP contribution is 2.25. The Morgan fingerprint density at radius 3 is 3.20 bits per heavy atom. The van der Waals surface area contributed by atoms with E-state index in [0.717, 1.165) is 32.4 Å². The zero-order valence-electron chi connectivity index (χ0n) is 11.8. The number of aromatic nitrogens is 2. The van der Waals surface area contributed by atoms with Gasteiger partial charge in [0.1, 0.15) is 0 Å². The first-order chi connectivity index (χ1) is 9.69. The number of rotatable bonds is 7. The minimum absolute atomic E-state index is 0.235. The fourth-order valence-corrected chi connectivity index (χ4v) is 2.35. The van der Waals surface area contributed by atoms with Crippen LogP contribution in [0, 0.1) is 5.92 Å². The standard InChI is InChI=1S/C14H21N3O3/c1-2-9-20-12-5-7-15-14(16-12)17-8-6-11(10-17)3-4-13(18)19/h5,7,11H,2-4,6,8-10H2,1H3,(H,18,19). The number of aliphatic carboxylic acids is 1. The number of anilines is 1. The molecule has 2 rings (SSSR count). The number of hydrogen-bond donors (Lipinski definition) is 1. The molecular formula is C14H21N3O3. The molecule has 1 aliphatic rings. The summed E-state index contributed by atoms with van der Waals surface area (Å²) in [6.07, 6.45) is 4.60. The molecule has 1 fully saturated rings. The van der Waals surface area contributed by atoms with Crippen molar-refractivity contribution in [1.82, 2.24) is 9.97 Å². The van der Waals surface area contributed by atoms with E-state index < -0.39 is 5.97 Å². The summed E-state index contributed by atoms with van der Waals surface area (Å²) in [7, 11) is 0. The van der Waals surface area contributed by atoms with E-state index in [1.54, 1.807) is 12.3 Å². The molecule has 6 heteroatoms. The summed E-state index contributed by atoms with van der Waals surface area (Å²) >= 11 is 0. The smallest absolute Gasteiger partial charge is 0.303 e. The van der Waals surface area contributed by atoms with Crippen LogP contribution in [0.25, 0.3) is 0 Å². The number of hydrogen-bond acceptors (Lipinski definition) is 5. The quantitative estimate of drug-likeness (QED) is 0.822. The molecule has 0 amide bonds. The second kappa shape index (κ2) is 7.07. The molecule has 0 aliphatic carbocycles. The molecule has 1 aromatic heterocycles. The molecular weight excluding hydrogens is 258 g/mol. The van der Waals surface area contributed by atoms with Gasteiger partial charge in [0.15, 0.2) is 0 Å². The molecule has 1 aliphatic heterocycles. The van der Waals surface area contributed by atoms with E-state index in [1.807, 2.05) is 0 Å². The lowest BCUT2D eigenvalue weighted by Gasteiger charge is -2.16. The van der Waals surface area contributed by atoms with E-state index in [1.165, 1.54) is 0 Å². The summed E-state index contributed by atoms with van der Waals surface area (Å²) in [6, 6.07) is 1.76. The Hall–Kier alpha value is -1.85. The Labute approximate surface area is 118 Å². The van der Waals surface area contributed by atoms with Crippen molar-refractivity contribution >= 4 is 11.9 Å². The number of carboxylic acids is 1. The van der Waals surface area contributed by atoms with Crippen molar-refractivity contribution in [1.29, 1.82) is 0 Å². The maximum Gasteiger partial charge on any atom is 0.303 e. The van der Waals surface area contributed by atoms with Crippen LogP contribution in [-0.4, -0.2) is 40.7 Å². The third kappa shape index (κ3) is 4.08. The Balaban J connectivity index is 1.90. The molecule has 0 radical (unpaired) electrons. The van der Waals surface area contributed by atoms with E-state index >= 15 is 0 Å². The average molecular weight is 279 g/mol. The number of carboxylic acid groups (broad SMARTS) is 1. The van der Waals surface area contributed by atoms with Gasteiger partial charge < -0.3 is 14.7 Å². The van der Waals surface area contributed by atoms with Gasteiger partial charge in [0.25, 0.3) is 0 Å². The Morgan fingerprint density at radius 1 is 1.60 bits per heavy atom. The van der Waals surface area contributed by atoms with Gasteiger partial charge in [-0.2, -0.15) is 4.98 Å². The molecule has 0 aromatic carbocycles. The SMILES string of the molecule is CCCOc1ccnc(N2CCC(CCC(=O)O)C2)n1. The third-order valence-electron chi connectivity index (χ3n) is 3.41. The molecule has 0 spiro atoms. The second-order valence-electron chi connectivity index (χ2n) is 5.08. The fourth-order valence-electron chi connectivity index (χ4n) is 2.35. The second-order valence-corrected chi connectivity index (χ2v) is 5.08. The molecule has 6 nitrogen and oxygen atoms in total. The molecule has 1 aromatic rings. The van der Waals surface area contributed by atoms with E-state index in [2.05, 4.69) is 21.8 Å². The first-order valence-electron chi connectivity index (χ1n) is 7.11. The lowest BCUT2D eigenvalue weighted by molar-refractivity contribution is -0.137. The minimum atomic E-state index is -0.727. The van der Waals surface area contributed by atoms with Crippen LogP contribution in [0.15, 0.2) is 12.3 Å². The molecule has 0 saturated carbocycles. The fraction of sp³-hybridized carbons (Fsp3) is 0.643. The van der Waals surface area contributed by atoms with Gasteiger partial charge in [0.2, 0.25) is 11.8 Å². The zero-order chi connectivity index (χ0) is 14.4. The van der Waals surface area contributed by atoms with Crippen molar-refractivity contribution in [3.05, 3.63) is 12.3 Å². The lowest BCUT2D eigenvalue weighted by Crippen LogP contribution is -2.22. The highest BCUT2D eigenvalue weighted by molar-refractivity contribution is 5.66. The molecule has 1 N–H and O–H groups in total. The maximum atomic E-state index is 10.6. The van der Waals surface area contributed by atoms with Crippen LogP contribution >= 0.6 is 0 Å². The van der Waals surface area contributed by atoms with Gasteiger partial charge in [-0.1, -0.05) is 6.92 Å². The first kappa shape index (κ1) is 14.6. The molecule has 110 valence electrons. The number of carbonyl (C=O) groups is 1. The van der Waals surface area contributed by atoms with Gasteiger partial charge in [0.05, 0.1) is 6.61 Å². The van der Waals surface area contributed by atoms with E-state index in [9.17, 15) is 4.79 Å². The van der Waals surface area contributed by atoms with Gasteiger partial charge in [-0.05, 0) is 25.2 Å². The topological polar surface area (TPSA) is 75.5 Å². The number of ether oxygens (including phenoxy) is 1. The van der Waals surface area contributed by atoms with Crippen molar-refractivity contribution in [2.45, 2.75) is 32.6 Å². The van der Waals surface area contributed by atoms with Crippen molar-refractivity contribution < 1.29 is 14.6 Å². The lowest BCUT2D eigenvalue weighted by atomic mass is 10.0. The molecule has 1 atom stereocenters. The van der Waals surface area contributed by atoms with Crippen LogP contribution in [0.3, 0.4) is 0 Å². The van der Waals surface area contributed by atoms with E-state index in [0.29, 0.717) is 24.4 Å². The van der Waals surface area contributed by atoms with E-state index in [4.69, 9.17) is 9.84 Å². The predicted octanol–water partition coefficient (Wildman–Crippen LogP) is 1.96.